The summed E-state index contributed by atoms with van der Waals surface area (Å²) >= 11 is 1.38. The van der Waals surface area contributed by atoms with E-state index < -0.39 is 0 Å². The molecule has 0 bridgehead atoms. The van der Waals surface area contributed by atoms with Gasteiger partial charge in [-0.25, -0.2) is 0 Å². The van der Waals surface area contributed by atoms with Crippen molar-refractivity contribution in [1.82, 2.24) is 5.32 Å². The second kappa shape index (κ2) is 7.57. The van der Waals surface area contributed by atoms with Crippen molar-refractivity contribution in [3.63, 3.8) is 0 Å². The summed E-state index contributed by atoms with van der Waals surface area (Å²) < 4.78 is 0. The summed E-state index contributed by atoms with van der Waals surface area (Å²) in [7, 11) is 0. The van der Waals surface area contributed by atoms with E-state index in [1.54, 1.807) is 30.3 Å². The second-order valence-electron chi connectivity index (χ2n) is 5.18. The van der Waals surface area contributed by atoms with E-state index in [9.17, 15) is 9.59 Å². The van der Waals surface area contributed by atoms with Crippen molar-refractivity contribution in [2.45, 2.75) is 6.54 Å². The van der Waals surface area contributed by atoms with Gasteiger partial charge >= 0.3 is 0 Å². The van der Waals surface area contributed by atoms with Gasteiger partial charge in [-0.1, -0.05) is 42.5 Å². The lowest BCUT2D eigenvalue weighted by Gasteiger charge is -2.08. The van der Waals surface area contributed by atoms with E-state index in [1.807, 2.05) is 41.8 Å². The normalized spacial score (nSPS) is 10.2. The Morgan fingerprint density at radius 2 is 1.71 bits per heavy atom. The third-order valence-corrected chi connectivity index (χ3v) is 4.29. The van der Waals surface area contributed by atoms with Gasteiger partial charge in [0.25, 0.3) is 11.8 Å². The minimum Gasteiger partial charge on any atom is -0.348 e. The highest BCUT2D eigenvalue weighted by atomic mass is 32.1. The Hall–Kier alpha value is -2.92. The van der Waals surface area contributed by atoms with Crippen LogP contribution in [-0.4, -0.2) is 11.8 Å². The minimum absolute atomic E-state index is 0.174. The van der Waals surface area contributed by atoms with Crippen LogP contribution in [0.1, 0.15) is 25.6 Å². The van der Waals surface area contributed by atoms with Gasteiger partial charge in [0, 0.05) is 17.8 Å². The van der Waals surface area contributed by atoms with Crippen molar-refractivity contribution >= 4 is 28.8 Å². The fraction of sp³-hybridized carbons (Fsp3) is 0.0526. The number of anilines is 1. The van der Waals surface area contributed by atoms with Gasteiger partial charge in [0.2, 0.25) is 0 Å². The fourth-order valence-corrected chi connectivity index (χ4v) is 2.84. The molecule has 1 aromatic heterocycles. The van der Waals surface area contributed by atoms with E-state index in [-0.39, 0.29) is 11.8 Å². The molecule has 0 atom stereocenters. The van der Waals surface area contributed by atoms with Crippen LogP contribution < -0.4 is 10.6 Å². The van der Waals surface area contributed by atoms with Crippen molar-refractivity contribution in [2.75, 3.05) is 5.32 Å². The third kappa shape index (κ3) is 4.08. The number of carbonyl (C=O) groups excluding carboxylic acids is 2. The summed E-state index contributed by atoms with van der Waals surface area (Å²) in [6, 6.07) is 20.2. The Kier molecular flexibility index (Phi) is 5.03. The van der Waals surface area contributed by atoms with Gasteiger partial charge in [-0.05, 0) is 35.2 Å². The Balaban J connectivity index is 1.64. The summed E-state index contributed by atoms with van der Waals surface area (Å²) in [6.07, 6.45) is 0. The summed E-state index contributed by atoms with van der Waals surface area (Å²) in [6.45, 7) is 0.464. The molecule has 0 saturated heterocycles. The number of carbonyl (C=O) groups is 2. The zero-order chi connectivity index (χ0) is 16.8. The van der Waals surface area contributed by atoms with Crippen LogP contribution in [0.3, 0.4) is 0 Å². The minimum atomic E-state index is -0.175. The summed E-state index contributed by atoms with van der Waals surface area (Å²) in [5, 5.41) is 7.53. The molecule has 0 aliphatic rings. The van der Waals surface area contributed by atoms with Crippen LogP contribution in [0.2, 0.25) is 0 Å². The van der Waals surface area contributed by atoms with Gasteiger partial charge in [0.05, 0.1) is 4.88 Å². The van der Waals surface area contributed by atoms with Gasteiger partial charge in [0.15, 0.2) is 0 Å². The monoisotopic (exact) mass is 336 g/mol. The zero-order valence-electron chi connectivity index (χ0n) is 12.9. The Bertz CT molecular complexity index is 830. The molecule has 2 aromatic carbocycles. The molecular weight excluding hydrogens is 320 g/mol. The average Bonchev–Trinajstić information content (AvgIpc) is 3.15. The lowest BCUT2D eigenvalue weighted by molar-refractivity contribution is 0.0949. The van der Waals surface area contributed by atoms with E-state index in [0.717, 1.165) is 5.56 Å². The maximum Gasteiger partial charge on any atom is 0.265 e. The Labute approximate surface area is 144 Å². The fourth-order valence-electron chi connectivity index (χ4n) is 2.22. The number of benzene rings is 2. The lowest BCUT2D eigenvalue weighted by atomic mass is 10.1. The number of thiophene rings is 1. The predicted molar refractivity (Wildman–Crippen MR) is 96.3 cm³/mol. The molecule has 1 heterocycles. The topological polar surface area (TPSA) is 58.2 Å². The van der Waals surface area contributed by atoms with Crippen molar-refractivity contribution in [2.24, 2.45) is 0 Å². The quantitative estimate of drug-likeness (QED) is 0.742. The van der Waals surface area contributed by atoms with Crippen molar-refractivity contribution in [3.05, 3.63) is 88.1 Å². The molecule has 0 radical (unpaired) electrons. The molecule has 3 rings (SSSR count). The molecule has 0 aliphatic heterocycles. The SMILES string of the molecule is O=C(NCc1ccccc1)c1cccc(NC(=O)c2cccs2)c1. The first kappa shape index (κ1) is 16.0. The van der Waals surface area contributed by atoms with E-state index >= 15 is 0 Å². The molecule has 3 aromatic rings. The number of nitrogens with one attached hydrogen (secondary N) is 2. The second-order valence-corrected chi connectivity index (χ2v) is 6.13. The van der Waals surface area contributed by atoms with Crippen molar-refractivity contribution in [1.29, 1.82) is 0 Å². The summed E-state index contributed by atoms with van der Waals surface area (Å²) in [5.74, 6) is -0.349. The van der Waals surface area contributed by atoms with Crippen LogP contribution in [-0.2, 0) is 6.54 Å². The summed E-state index contributed by atoms with van der Waals surface area (Å²) in [5.41, 5.74) is 2.14. The average molecular weight is 336 g/mol. The van der Waals surface area contributed by atoms with Crippen LogP contribution in [0.15, 0.2) is 72.1 Å². The smallest absolute Gasteiger partial charge is 0.265 e. The van der Waals surface area contributed by atoms with E-state index in [4.69, 9.17) is 0 Å². The van der Waals surface area contributed by atoms with Crippen molar-refractivity contribution < 1.29 is 9.59 Å². The number of hydrogen-bond acceptors (Lipinski definition) is 3. The van der Waals surface area contributed by atoms with Crippen LogP contribution >= 0.6 is 11.3 Å². The zero-order valence-corrected chi connectivity index (χ0v) is 13.7. The molecular formula is C19H16N2O2S. The van der Waals surface area contributed by atoms with E-state index in [2.05, 4.69) is 10.6 Å². The first-order valence-corrected chi connectivity index (χ1v) is 8.37. The number of hydrogen-bond donors (Lipinski definition) is 2. The molecule has 2 N–H and O–H groups in total. The first-order valence-electron chi connectivity index (χ1n) is 7.49. The predicted octanol–water partition coefficient (Wildman–Crippen LogP) is 3.93. The molecule has 2 amide bonds. The maximum atomic E-state index is 12.3. The standard InChI is InChI=1S/C19H16N2O2S/c22-18(20-13-14-6-2-1-3-7-14)15-8-4-9-16(12-15)21-19(23)17-10-5-11-24-17/h1-12H,13H2,(H,20,22)(H,21,23). The Morgan fingerprint density at radius 3 is 2.46 bits per heavy atom. The highest BCUT2D eigenvalue weighted by Crippen LogP contribution is 2.15. The van der Waals surface area contributed by atoms with Gasteiger partial charge in [-0.15, -0.1) is 11.3 Å². The molecule has 24 heavy (non-hydrogen) atoms. The molecule has 0 fully saturated rings. The molecule has 120 valence electrons. The molecule has 0 unspecified atom stereocenters. The van der Waals surface area contributed by atoms with Crippen LogP contribution in [0.4, 0.5) is 5.69 Å². The van der Waals surface area contributed by atoms with Gasteiger partial charge < -0.3 is 10.6 Å². The highest BCUT2D eigenvalue weighted by molar-refractivity contribution is 7.12. The van der Waals surface area contributed by atoms with Gasteiger partial charge in [-0.3, -0.25) is 9.59 Å². The van der Waals surface area contributed by atoms with E-state index in [0.29, 0.717) is 22.7 Å². The molecule has 0 saturated carbocycles. The lowest BCUT2D eigenvalue weighted by Crippen LogP contribution is -2.23. The van der Waals surface area contributed by atoms with E-state index in [1.165, 1.54) is 11.3 Å². The molecule has 5 heteroatoms. The molecule has 4 nitrogen and oxygen atoms in total. The third-order valence-electron chi connectivity index (χ3n) is 3.42. The van der Waals surface area contributed by atoms with Crippen LogP contribution in [0, 0.1) is 0 Å². The van der Waals surface area contributed by atoms with Crippen LogP contribution in [0.5, 0.6) is 0 Å². The summed E-state index contributed by atoms with van der Waals surface area (Å²) in [4.78, 5) is 25.0. The number of rotatable bonds is 5. The molecule has 0 spiro atoms. The molecule has 0 aliphatic carbocycles. The largest absolute Gasteiger partial charge is 0.348 e. The van der Waals surface area contributed by atoms with Gasteiger partial charge in [-0.2, -0.15) is 0 Å². The number of amides is 2. The Morgan fingerprint density at radius 1 is 0.875 bits per heavy atom. The van der Waals surface area contributed by atoms with Gasteiger partial charge in [0.1, 0.15) is 0 Å². The van der Waals surface area contributed by atoms with Crippen molar-refractivity contribution in [3.8, 4) is 0 Å². The maximum absolute atomic E-state index is 12.3. The first-order chi connectivity index (χ1) is 11.7. The highest BCUT2D eigenvalue weighted by Gasteiger charge is 2.09. The van der Waals surface area contributed by atoms with Crippen LogP contribution in [0.25, 0.3) is 0 Å².